The molecule has 1 N–H and O–H groups in total. The summed E-state index contributed by atoms with van der Waals surface area (Å²) in [7, 11) is -2.81. The van der Waals surface area contributed by atoms with Crippen molar-refractivity contribution in [1.82, 2.24) is 5.32 Å². The molecule has 4 nitrogen and oxygen atoms in total. The Bertz CT molecular complexity index is 305. The number of unbranched alkanes of at least 4 members (excludes halogenated alkanes) is 1. The minimum atomic E-state index is -2.81. The van der Waals surface area contributed by atoms with E-state index in [1.807, 2.05) is 0 Å². The van der Waals surface area contributed by atoms with E-state index in [0.29, 0.717) is 18.7 Å². The Kier molecular flexibility index (Phi) is 4.36. The molecule has 1 rings (SSSR count). The maximum Gasteiger partial charge on any atom is 0.154 e. The van der Waals surface area contributed by atoms with Crippen molar-refractivity contribution >= 4 is 9.84 Å². The smallest absolute Gasteiger partial charge is 0.154 e. The van der Waals surface area contributed by atoms with E-state index in [-0.39, 0.29) is 5.25 Å². The molecule has 14 heavy (non-hydrogen) atoms. The van der Waals surface area contributed by atoms with Gasteiger partial charge in [0.1, 0.15) is 0 Å². The first-order chi connectivity index (χ1) is 6.67. The third kappa shape index (κ3) is 3.28. The fraction of sp³-hybridized carbons (Fsp3) is 0.889. The maximum atomic E-state index is 11.4. The van der Waals surface area contributed by atoms with Crippen LogP contribution in [0.4, 0.5) is 0 Å². The Morgan fingerprint density at radius 3 is 2.86 bits per heavy atom. The second-order valence-electron chi connectivity index (χ2n) is 3.60. The predicted octanol–water partition coefficient (Wildman–Crippen LogP) is 0.457. The van der Waals surface area contributed by atoms with Crippen LogP contribution in [0.5, 0.6) is 0 Å². The summed E-state index contributed by atoms with van der Waals surface area (Å²) in [6.07, 6.45) is 2.91. The van der Waals surface area contributed by atoms with Crippen LogP contribution < -0.4 is 5.32 Å². The zero-order valence-corrected chi connectivity index (χ0v) is 9.02. The minimum Gasteiger partial charge on any atom is -0.315 e. The predicted molar refractivity (Wildman–Crippen MR) is 54.5 cm³/mol. The van der Waals surface area contributed by atoms with E-state index < -0.39 is 9.84 Å². The van der Waals surface area contributed by atoms with Crippen LogP contribution in [0, 0.1) is 11.3 Å². The topological polar surface area (TPSA) is 70.0 Å². The Balaban J connectivity index is 2.16. The molecule has 1 unspecified atom stereocenters. The number of nitrogens with zero attached hydrogens (tertiary/aromatic N) is 1. The molecule has 0 aromatic carbocycles. The van der Waals surface area contributed by atoms with E-state index in [1.165, 1.54) is 0 Å². The normalized spacial score (nSPS) is 24.6. The molecule has 1 saturated heterocycles. The lowest BCUT2D eigenvalue weighted by molar-refractivity contribution is 0.571. The van der Waals surface area contributed by atoms with Gasteiger partial charge >= 0.3 is 0 Å². The van der Waals surface area contributed by atoms with Gasteiger partial charge in [-0.15, -0.1) is 0 Å². The van der Waals surface area contributed by atoms with Gasteiger partial charge in [0.25, 0.3) is 0 Å². The van der Waals surface area contributed by atoms with Gasteiger partial charge in [-0.2, -0.15) is 5.26 Å². The lowest BCUT2D eigenvalue weighted by Gasteiger charge is -2.09. The van der Waals surface area contributed by atoms with Crippen molar-refractivity contribution in [1.29, 1.82) is 5.26 Å². The van der Waals surface area contributed by atoms with Gasteiger partial charge in [0, 0.05) is 13.0 Å². The highest BCUT2D eigenvalue weighted by Gasteiger charge is 2.30. The first-order valence-corrected chi connectivity index (χ1v) is 6.67. The molecule has 0 aromatic heterocycles. The molecule has 1 fully saturated rings. The third-order valence-corrected chi connectivity index (χ3v) is 4.75. The molecule has 0 bridgehead atoms. The summed E-state index contributed by atoms with van der Waals surface area (Å²) in [5.74, 6) is 0.345. The zero-order valence-electron chi connectivity index (χ0n) is 8.20. The van der Waals surface area contributed by atoms with E-state index in [1.54, 1.807) is 0 Å². The minimum absolute atomic E-state index is 0.190. The van der Waals surface area contributed by atoms with Crippen LogP contribution in [0.25, 0.3) is 0 Å². The van der Waals surface area contributed by atoms with Crippen LogP contribution in [-0.4, -0.2) is 32.5 Å². The molecule has 0 saturated carbocycles. The number of hydrogen-bond donors (Lipinski definition) is 1. The largest absolute Gasteiger partial charge is 0.315 e. The Morgan fingerprint density at radius 2 is 2.29 bits per heavy atom. The number of sulfone groups is 1. The molecule has 0 amide bonds. The third-order valence-electron chi connectivity index (χ3n) is 2.48. The van der Waals surface area contributed by atoms with Gasteiger partial charge in [0.15, 0.2) is 9.84 Å². The lowest BCUT2D eigenvalue weighted by atomic mass is 10.2. The maximum absolute atomic E-state index is 11.4. The first kappa shape index (κ1) is 11.5. The molecule has 5 heteroatoms. The molecule has 80 valence electrons. The summed E-state index contributed by atoms with van der Waals surface area (Å²) < 4.78 is 22.8. The SMILES string of the molecule is N#CCCCNCC1CCCS1(=O)=O. The Hall–Kier alpha value is -0.600. The van der Waals surface area contributed by atoms with E-state index in [2.05, 4.69) is 11.4 Å². The summed E-state index contributed by atoms with van der Waals surface area (Å²) in [5.41, 5.74) is 0. The standard InChI is InChI=1S/C9H16N2O2S/c10-5-1-2-6-11-8-9-4-3-7-14(9,12)13/h9,11H,1-4,6-8H2. The van der Waals surface area contributed by atoms with Crippen molar-refractivity contribution in [3.8, 4) is 6.07 Å². The van der Waals surface area contributed by atoms with Crippen molar-refractivity contribution < 1.29 is 8.42 Å². The second kappa shape index (κ2) is 5.32. The molecule has 0 aliphatic carbocycles. The molecule has 0 aromatic rings. The molecule has 0 spiro atoms. The number of nitriles is 1. The highest BCUT2D eigenvalue weighted by molar-refractivity contribution is 7.92. The van der Waals surface area contributed by atoms with E-state index >= 15 is 0 Å². The van der Waals surface area contributed by atoms with E-state index in [4.69, 9.17) is 5.26 Å². The molecule has 0 radical (unpaired) electrons. The summed E-state index contributed by atoms with van der Waals surface area (Å²) >= 11 is 0. The van der Waals surface area contributed by atoms with Crippen molar-refractivity contribution in [2.24, 2.45) is 0 Å². The van der Waals surface area contributed by atoms with Gasteiger partial charge in [0.2, 0.25) is 0 Å². The van der Waals surface area contributed by atoms with E-state index in [9.17, 15) is 8.42 Å². The molecule has 1 aliphatic rings. The molecular weight excluding hydrogens is 200 g/mol. The van der Waals surface area contributed by atoms with Gasteiger partial charge in [0.05, 0.1) is 17.1 Å². The highest BCUT2D eigenvalue weighted by Crippen LogP contribution is 2.18. The molecule has 1 heterocycles. The summed E-state index contributed by atoms with van der Waals surface area (Å²) in [6, 6.07) is 2.05. The molecule has 1 aliphatic heterocycles. The van der Waals surface area contributed by atoms with Crippen LogP contribution in [0.15, 0.2) is 0 Å². The van der Waals surface area contributed by atoms with Gasteiger partial charge < -0.3 is 5.32 Å². The number of hydrogen-bond acceptors (Lipinski definition) is 4. The van der Waals surface area contributed by atoms with E-state index in [0.717, 1.165) is 25.8 Å². The molecular formula is C9H16N2O2S. The first-order valence-electron chi connectivity index (χ1n) is 4.96. The lowest BCUT2D eigenvalue weighted by Crippen LogP contribution is -2.31. The van der Waals surface area contributed by atoms with Crippen molar-refractivity contribution in [2.75, 3.05) is 18.8 Å². The van der Waals surface area contributed by atoms with Gasteiger partial charge in [-0.3, -0.25) is 0 Å². The Labute approximate surface area is 85.2 Å². The van der Waals surface area contributed by atoms with Crippen LogP contribution in [0.1, 0.15) is 25.7 Å². The van der Waals surface area contributed by atoms with Crippen LogP contribution in [-0.2, 0) is 9.84 Å². The van der Waals surface area contributed by atoms with Crippen molar-refractivity contribution in [2.45, 2.75) is 30.9 Å². The second-order valence-corrected chi connectivity index (χ2v) is 6.00. The van der Waals surface area contributed by atoms with Crippen LogP contribution >= 0.6 is 0 Å². The zero-order chi connectivity index (χ0) is 10.4. The van der Waals surface area contributed by atoms with Crippen LogP contribution in [0.2, 0.25) is 0 Å². The fourth-order valence-corrected chi connectivity index (χ4v) is 3.44. The quantitative estimate of drug-likeness (QED) is 0.678. The summed E-state index contributed by atoms with van der Waals surface area (Å²) in [4.78, 5) is 0. The van der Waals surface area contributed by atoms with Gasteiger partial charge in [-0.05, 0) is 25.8 Å². The van der Waals surface area contributed by atoms with Gasteiger partial charge in [-0.1, -0.05) is 0 Å². The van der Waals surface area contributed by atoms with Crippen LogP contribution in [0.3, 0.4) is 0 Å². The summed E-state index contributed by atoms with van der Waals surface area (Å²) in [6.45, 7) is 1.29. The fourth-order valence-electron chi connectivity index (χ4n) is 1.64. The van der Waals surface area contributed by atoms with Crippen molar-refractivity contribution in [3.63, 3.8) is 0 Å². The van der Waals surface area contributed by atoms with Crippen molar-refractivity contribution in [3.05, 3.63) is 0 Å². The average Bonchev–Trinajstić information content (AvgIpc) is 2.45. The Morgan fingerprint density at radius 1 is 1.50 bits per heavy atom. The number of nitrogens with one attached hydrogen (secondary N) is 1. The average molecular weight is 216 g/mol. The van der Waals surface area contributed by atoms with Gasteiger partial charge in [-0.25, -0.2) is 8.42 Å². The highest BCUT2D eigenvalue weighted by atomic mass is 32.2. The summed E-state index contributed by atoms with van der Waals surface area (Å²) in [5, 5.41) is 11.2. The molecule has 1 atom stereocenters. The monoisotopic (exact) mass is 216 g/mol. The number of rotatable bonds is 5.